The number of nitrogens with two attached hydrogens (primary N) is 2. The second kappa shape index (κ2) is 16.6. The average Bonchev–Trinajstić information content (AvgIpc) is 3.22. The van der Waals surface area contributed by atoms with Crippen LogP contribution in [0.4, 0.5) is 11.4 Å². The quantitative estimate of drug-likeness (QED) is 0.0715. The molecule has 6 rings (SSSR count). The van der Waals surface area contributed by atoms with Gasteiger partial charge in [-0.05, 0) is 97.1 Å². The number of anilines is 2. The molecule has 0 heterocycles. The Morgan fingerprint density at radius 2 is 0.515 bits per heavy atom. The fraction of sp³-hybridized carbons (Fsp3) is 0. The summed E-state index contributed by atoms with van der Waals surface area (Å²) >= 11 is 0. The van der Waals surface area contributed by atoms with E-state index in [-0.39, 0.29) is 11.4 Å². The van der Waals surface area contributed by atoms with Gasteiger partial charge in [0.25, 0.3) is 40.5 Å². The topological polar surface area (TPSA) is 406 Å². The summed E-state index contributed by atoms with van der Waals surface area (Å²) in [5.41, 5.74) is 9.95. The SMILES string of the molecule is Nc1ccc(-c2ccc(N)cc2S(=O)(=O)c2cc(S(=O)(=O)O)cc(S(=O)(=O)c3cccc(S(=O)(=O)O)c3)c2)c(S(=O)(=O)c2cc(S(=O)(=O)O)cc(S(=O)(=O)c3cccc(S(=O)(=O)O)c3)c2)c1. The number of rotatable bonds is 13. The van der Waals surface area contributed by atoms with Gasteiger partial charge in [-0.25, -0.2) is 33.7 Å². The van der Waals surface area contributed by atoms with Gasteiger partial charge in [-0.1, -0.05) is 24.3 Å². The average molecular weight is 1070 g/mol. The van der Waals surface area contributed by atoms with Crippen molar-refractivity contribution < 1.29 is 85.6 Å². The Bertz CT molecular complexity index is 3750. The zero-order valence-corrected chi connectivity index (χ0v) is 38.8. The molecule has 8 N–H and O–H groups in total. The Kier molecular flexibility index (Phi) is 12.5. The number of nitrogen functional groups attached to an aromatic ring is 2. The molecule has 0 aliphatic heterocycles. The van der Waals surface area contributed by atoms with Crippen LogP contribution in [-0.2, 0) is 79.8 Å². The standard InChI is InChI=1S/C36H28N2O20S8/c37-21-7-9-33(35(11-21)61(43,44)29-15-27(17-31(19-29)65(53,54)55)59(39,40)23-3-1-5-25(13-23)63(47,48)49)34-10-8-22(38)12-36(34)62(45,46)30-16-28(18-32(20-30)66(56,57)58)60(41,42)24-4-2-6-26(14-24)64(50,51)52/h1-20H,37-38H2,(H,47,48,49)(H,50,51,52)(H,53,54,55)(H,56,57,58). The van der Waals surface area contributed by atoms with Crippen molar-refractivity contribution in [3.63, 3.8) is 0 Å². The van der Waals surface area contributed by atoms with Crippen molar-refractivity contribution in [3.05, 3.63) is 121 Å². The van der Waals surface area contributed by atoms with Crippen molar-refractivity contribution >= 4 is 91.2 Å². The molecule has 66 heavy (non-hydrogen) atoms. The van der Waals surface area contributed by atoms with E-state index < -0.39 is 150 Å². The minimum Gasteiger partial charge on any atom is -0.399 e. The summed E-state index contributed by atoms with van der Waals surface area (Å²) in [4.78, 5) is -13.1. The number of hydrogen-bond acceptors (Lipinski definition) is 18. The second-order valence-electron chi connectivity index (χ2n) is 13.7. The summed E-state index contributed by atoms with van der Waals surface area (Å²) in [7, 11) is -42.0. The van der Waals surface area contributed by atoms with E-state index >= 15 is 0 Å². The molecule has 0 spiro atoms. The Morgan fingerprint density at radius 1 is 0.273 bits per heavy atom. The molecule has 350 valence electrons. The summed E-state index contributed by atoms with van der Waals surface area (Å²) < 4.78 is 250. The monoisotopic (exact) mass is 1060 g/mol. The largest absolute Gasteiger partial charge is 0.399 e. The lowest BCUT2D eigenvalue weighted by Crippen LogP contribution is -2.12. The van der Waals surface area contributed by atoms with Crippen LogP contribution >= 0.6 is 0 Å². The third-order valence-electron chi connectivity index (χ3n) is 9.25. The first-order valence-corrected chi connectivity index (χ1v) is 28.9. The Hall–Kier alpha value is -5.64. The molecule has 0 fully saturated rings. The van der Waals surface area contributed by atoms with Gasteiger partial charge in [-0.15, -0.1) is 0 Å². The van der Waals surface area contributed by atoms with Gasteiger partial charge < -0.3 is 11.5 Å². The van der Waals surface area contributed by atoms with E-state index in [1.54, 1.807) is 0 Å². The predicted octanol–water partition coefficient (Wildman–Crippen LogP) is 2.84. The van der Waals surface area contributed by atoms with Crippen LogP contribution in [0.25, 0.3) is 11.1 Å². The van der Waals surface area contributed by atoms with E-state index in [4.69, 9.17) is 11.5 Å². The predicted molar refractivity (Wildman–Crippen MR) is 228 cm³/mol. The Morgan fingerprint density at radius 3 is 0.803 bits per heavy atom. The Labute approximate surface area is 376 Å². The summed E-state index contributed by atoms with van der Waals surface area (Å²) in [6.07, 6.45) is 0. The maximum atomic E-state index is 14.7. The van der Waals surface area contributed by atoms with E-state index in [2.05, 4.69) is 0 Å². The molecule has 6 aromatic carbocycles. The summed E-state index contributed by atoms with van der Waals surface area (Å²) in [5.74, 6) is 0. The van der Waals surface area contributed by atoms with Crippen LogP contribution in [0.5, 0.6) is 0 Å². The number of sulfone groups is 4. The van der Waals surface area contributed by atoms with E-state index in [1.165, 1.54) is 0 Å². The fourth-order valence-corrected chi connectivity index (χ4v) is 14.8. The molecular weight excluding hydrogens is 1040 g/mol. The third-order valence-corrected chi connectivity index (χ3v) is 19.6. The lowest BCUT2D eigenvalue weighted by molar-refractivity contribution is 0.480. The molecule has 0 saturated carbocycles. The van der Waals surface area contributed by atoms with E-state index in [0.717, 1.165) is 72.8 Å². The van der Waals surface area contributed by atoms with Crippen LogP contribution in [0, 0.1) is 0 Å². The van der Waals surface area contributed by atoms with Gasteiger partial charge in [0.1, 0.15) is 0 Å². The molecule has 0 unspecified atom stereocenters. The highest BCUT2D eigenvalue weighted by atomic mass is 32.2. The van der Waals surface area contributed by atoms with Gasteiger partial charge in [0.2, 0.25) is 39.3 Å². The lowest BCUT2D eigenvalue weighted by Gasteiger charge is -2.18. The first-order valence-electron chi connectivity index (χ1n) is 17.3. The molecule has 22 nitrogen and oxygen atoms in total. The molecule has 0 aliphatic rings. The van der Waals surface area contributed by atoms with Gasteiger partial charge in [-0.2, -0.15) is 33.7 Å². The van der Waals surface area contributed by atoms with Crippen LogP contribution in [0.3, 0.4) is 0 Å². The maximum absolute atomic E-state index is 14.7. The van der Waals surface area contributed by atoms with Crippen LogP contribution in [0.15, 0.2) is 180 Å². The molecule has 0 bridgehead atoms. The molecule has 0 saturated heterocycles. The molecule has 6 aromatic rings. The maximum Gasteiger partial charge on any atom is 0.294 e. The van der Waals surface area contributed by atoms with E-state index in [0.29, 0.717) is 48.5 Å². The summed E-state index contributed by atoms with van der Waals surface area (Å²) in [6.45, 7) is 0. The zero-order chi connectivity index (χ0) is 49.4. The molecule has 30 heteroatoms. The van der Waals surface area contributed by atoms with Crippen LogP contribution in [-0.4, -0.2) is 85.6 Å². The Balaban J connectivity index is 1.60. The summed E-state index contributed by atoms with van der Waals surface area (Å²) in [5, 5.41) is 0. The van der Waals surface area contributed by atoms with E-state index in [9.17, 15) is 85.6 Å². The van der Waals surface area contributed by atoms with Crippen LogP contribution in [0.2, 0.25) is 0 Å². The van der Waals surface area contributed by atoms with Crippen molar-refractivity contribution in [3.8, 4) is 11.1 Å². The normalized spacial score (nSPS) is 13.3. The van der Waals surface area contributed by atoms with Gasteiger partial charge in [0, 0.05) is 22.5 Å². The van der Waals surface area contributed by atoms with Crippen molar-refractivity contribution in [2.75, 3.05) is 11.5 Å². The van der Waals surface area contributed by atoms with Crippen molar-refractivity contribution in [2.45, 2.75) is 58.7 Å². The number of benzene rings is 6. The molecule has 0 radical (unpaired) electrons. The van der Waals surface area contributed by atoms with Crippen molar-refractivity contribution in [1.82, 2.24) is 0 Å². The van der Waals surface area contributed by atoms with Gasteiger partial charge in [0.15, 0.2) is 0 Å². The highest BCUT2D eigenvalue weighted by molar-refractivity contribution is 7.93. The molecule has 0 amide bonds. The fourth-order valence-electron chi connectivity index (χ4n) is 6.11. The second-order valence-corrected chi connectivity index (χ2v) is 27.1. The first-order chi connectivity index (χ1) is 30.0. The van der Waals surface area contributed by atoms with Gasteiger partial charge in [0.05, 0.1) is 58.7 Å². The summed E-state index contributed by atoms with van der Waals surface area (Å²) in [6, 6.07) is 13.4. The van der Waals surface area contributed by atoms with Crippen molar-refractivity contribution in [2.24, 2.45) is 0 Å². The van der Waals surface area contributed by atoms with Crippen molar-refractivity contribution in [1.29, 1.82) is 0 Å². The van der Waals surface area contributed by atoms with Gasteiger partial charge >= 0.3 is 0 Å². The van der Waals surface area contributed by atoms with E-state index in [1.807, 2.05) is 0 Å². The third kappa shape index (κ3) is 9.75. The molecule has 0 aliphatic carbocycles. The lowest BCUT2D eigenvalue weighted by atomic mass is 10.0. The smallest absolute Gasteiger partial charge is 0.294 e. The first kappa shape index (κ1) is 49.8. The minimum absolute atomic E-state index is 0.320. The number of hydrogen-bond donors (Lipinski definition) is 6. The highest BCUT2D eigenvalue weighted by Crippen LogP contribution is 2.41. The molecule has 0 aromatic heterocycles. The molecular formula is C36H28N2O20S8. The zero-order valence-electron chi connectivity index (χ0n) is 32.3. The minimum atomic E-state index is -5.47. The van der Waals surface area contributed by atoms with Crippen LogP contribution in [0.1, 0.15) is 0 Å². The van der Waals surface area contributed by atoms with Crippen LogP contribution < -0.4 is 11.5 Å². The highest BCUT2D eigenvalue weighted by Gasteiger charge is 2.33. The van der Waals surface area contributed by atoms with Gasteiger partial charge in [-0.3, -0.25) is 18.2 Å². The molecule has 0 atom stereocenters.